The first-order valence-corrected chi connectivity index (χ1v) is 7.03. The molecule has 1 amide bonds. The Morgan fingerprint density at radius 2 is 1.81 bits per heavy atom. The fraction of sp³-hybridized carbons (Fsp3) is 0.278. The summed E-state index contributed by atoms with van der Waals surface area (Å²) in [5, 5.41) is 12.4. The second-order valence-corrected chi connectivity index (χ2v) is 6.19. The van der Waals surface area contributed by atoms with Gasteiger partial charge < -0.3 is 10.4 Å². The van der Waals surface area contributed by atoms with Crippen molar-refractivity contribution in [3.63, 3.8) is 0 Å². The molecule has 0 radical (unpaired) electrons. The second-order valence-electron chi connectivity index (χ2n) is 6.19. The lowest BCUT2D eigenvalue weighted by Crippen LogP contribution is -2.19. The van der Waals surface area contributed by atoms with Crippen LogP contribution in [0.2, 0.25) is 0 Å². The molecule has 0 unspecified atom stereocenters. The summed E-state index contributed by atoms with van der Waals surface area (Å²) in [6.45, 7) is 6.35. The number of anilines is 1. The molecule has 2 aromatic rings. The summed E-state index contributed by atoms with van der Waals surface area (Å²) in [5.41, 5.74) is 2.71. The molecule has 0 bridgehead atoms. The number of rotatable bonds is 3. The molecule has 3 nitrogen and oxygen atoms in total. The quantitative estimate of drug-likeness (QED) is 0.898. The maximum absolute atomic E-state index is 12.2. The van der Waals surface area contributed by atoms with Gasteiger partial charge >= 0.3 is 0 Å². The molecular weight excluding hydrogens is 262 g/mol. The molecule has 0 saturated carbocycles. The number of phenolic OH excluding ortho intramolecular Hbond substituents is 1. The predicted octanol–water partition coefficient (Wildman–Crippen LogP) is 3.87. The number of carbonyl (C=O) groups is 1. The average molecular weight is 283 g/mol. The second kappa shape index (κ2) is 6.00. The van der Waals surface area contributed by atoms with Crippen molar-refractivity contribution >= 4 is 11.6 Å². The van der Waals surface area contributed by atoms with Crippen molar-refractivity contribution in [2.45, 2.75) is 32.6 Å². The van der Waals surface area contributed by atoms with Gasteiger partial charge in [-0.25, -0.2) is 0 Å². The van der Waals surface area contributed by atoms with Gasteiger partial charge in [0, 0.05) is 5.69 Å². The van der Waals surface area contributed by atoms with Gasteiger partial charge in [0.05, 0.1) is 6.42 Å². The summed E-state index contributed by atoms with van der Waals surface area (Å²) in [6.07, 6.45) is 0.243. The molecule has 0 fully saturated rings. The molecule has 21 heavy (non-hydrogen) atoms. The highest BCUT2D eigenvalue weighted by molar-refractivity contribution is 5.93. The zero-order valence-corrected chi connectivity index (χ0v) is 12.7. The fourth-order valence-corrected chi connectivity index (χ4v) is 2.29. The molecule has 3 heteroatoms. The summed E-state index contributed by atoms with van der Waals surface area (Å²) in [7, 11) is 0. The standard InChI is InChI=1S/C18H21NO2/c1-18(2,3)15-9-4-5-10-16(15)19-17(21)12-13-7-6-8-14(20)11-13/h4-11,20H,12H2,1-3H3,(H,19,21). The lowest BCUT2D eigenvalue weighted by molar-refractivity contribution is -0.115. The monoisotopic (exact) mass is 283 g/mol. The molecule has 2 N–H and O–H groups in total. The van der Waals surface area contributed by atoms with Crippen molar-refractivity contribution in [3.05, 3.63) is 59.7 Å². The molecule has 0 aliphatic rings. The maximum Gasteiger partial charge on any atom is 0.228 e. The summed E-state index contributed by atoms with van der Waals surface area (Å²) in [4.78, 5) is 12.2. The third-order valence-corrected chi connectivity index (χ3v) is 3.28. The molecule has 0 heterocycles. The summed E-state index contributed by atoms with van der Waals surface area (Å²) < 4.78 is 0. The Bertz CT molecular complexity index is 642. The van der Waals surface area contributed by atoms with Crippen molar-refractivity contribution in [2.24, 2.45) is 0 Å². The van der Waals surface area contributed by atoms with E-state index < -0.39 is 0 Å². The van der Waals surface area contributed by atoms with E-state index in [0.717, 1.165) is 16.8 Å². The van der Waals surface area contributed by atoms with E-state index in [9.17, 15) is 9.90 Å². The van der Waals surface area contributed by atoms with Crippen LogP contribution >= 0.6 is 0 Å². The third kappa shape index (κ3) is 4.09. The van der Waals surface area contributed by atoms with Crippen LogP contribution in [0.1, 0.15) is 31.9 Å². The first-order chi connectivity index (χ1) is 9.86. The van der Waals surface area contributed by atoms with Crippen molar-refractivity contribution in [1.29, 1.82) is 0 Å². The predicted molar refractivity (Wildman–Crippen MR) is 85.6 cm³/mol. The lowest BCUT2D eigenvalue weighted by atomic mass is 9.86. The highest BCUT2D eigenvalue weighted by Crippen LogP contribution is 2.29. The number of nitrogens with one attached hydrogen (secondary N) is 1. The van der Waals surface area contributed by atoms with Crippen molar-refractivity contribution in [2.75, 3.05) is 5.32 Å². The zero-order chi connectivity index (χ0) is 15.5. The van der Waals surface area contributed by atoms with Gasteiger partial charge in [-0.3, -0.25) is 4.79 Å². The number of benzene rings is 2. The molecule has 2 rings (SSSR count). The molecule has 2 aromatic carbocycles. The van der Waals surface area contributed by atoms with Crippen LogP contribution in [0, 0.1) is 0 Å². The van der Waals surface area contributed by atoms with Crippen LogP contribution in [0.5, 0.6) is 5.75 Å². The highest BCUT2D eigenvalue weighted by Gasteiger charge is 2.18. The summed E-state index contributed by atoms with van der Waals surface area (Å²) in [6, 6.07) is 14.6. The van der Waals surface area contributed by atoms with Gasteiger partial charge in [-0.2, -0.15) is 0 Å². The van der Waals surface area contributed by atoms with E-state index in [4.69, 9.17) is 0 Å². The lowest BCUT2D eigenvalue weighted by Gasteiger charge is -2.23. The van der Waals surface area contributed by atoms with E-state index in [-0.39, 0.29) is 23.5 Å². The van der Waals surface area contributed by atoms with Crippen LogP contribution in [0.3, 0.4) is 0 Å². The zero-order valence-electron chi connectivity index (χ0n) is 12.7. The van der Waals surface area contributed by atoms with Crippen LogP contribution in [0.4, 0.5) is 5.69 Å². The first kappa shape index (κ1) is 15.1. The molecule has 0 aliphatic carbocycles. The first-order valence-electron chi connectivity index (χ1n) is 7.03. The Balaban J connectivity index is 2.14. The molecule has 0 spiro atoms. The Morgan fingerprint density at radius 3 is 2.48 bits per heavy atom. The fourth-order valence-electron chi connectivity index (χ4n) is 2.29. The number of carbonyl (C=O) groups excluding carboxylic acids is 1. The number of amides is 1. The van der Waals surface area contributed by atoms with Crippen LogP contribution in [0.15, 0.2) is 48.5 Å². The van der Waals surface area contributed by atoms with Gasteiger partial charge in [-0.1, -0.05) is 51.1 Å². The normalized spacial score (nSPS) is 11.2. The van der Waals surface area contributed by atoms with Gasteiger partial charge in [-0.15, -0.1) is 0 Å². The molecule has 110 valence electrons. The van der Waals surface area contributed by atoms with Gasteiger partial charge in [0.2, 0.25) is 5.91 Å². The van der Waals surface area contributed by atoms with Crippen LogP contribution in [0.25, 0.3) is 0 Å². The van der Waals surface area contributed by atoms with Gasteiger partial charge in [0.25, 0.3) is 0 Å². The van der Waals surface area contributed by atoms with Crippen molar-refractivity contribution in [3.8, 4) is 5.75 Å². The van der Waals surface area contributed by atoms with Gasteiger partial charge in [0.15, 0.2) is 0 Å². The smallest absolute Gasteiger partial charge is 0.228 e. The van der Waals surface area contributed by atoms with E-state index in [1.807, 2.05) is 30.3 Å². The molecule has 0 atom stereocenters. The van der Waals surface area contributed by atoms with E-state index in [2.05, 4.69) is 26.1 Å². The molecule has 0 aliphatic heterocycles. The van der Waals surface area contributed by atoms with E-state index in [0.29, 0.717) is 0 Å². The minimum Gasteiger partial charge on any atom is -0.508 e. The topological polar surface area (TPSA) is 49.3 Å². The number of aromatic hydroxyl groups is 1. The molecular formula is C18H21NO2. The number of hydrogen-bond donors (Lipinski definition) is 2. The van der Waals surface area contributed by atoms with E-state index in [1.165, 1.54) is 0 Å². The van der Waals surface area contributed by atoms with E-state index >= 15 is 0 Å². The van der Waals surface area contributed by atoms with Gasteiger partial charge in [-0.05, 0) is 34.7 Å². The van der Waals surface area contributed by atoms with Crippen LogP contribution in [-0.2, 0) is 16.6 Å². The molecule has 0 saturated heterocycles. The van der Waals surface area contributed by atoms with Crippen LogP contribution < -0.4 is 5.32 Å². The summed E-state index contributed by atoms with van der Waals surface area (Å²) >= 11 is 0. The van der Waals surface area contributed by atoms with E-state index in [1.54, 1.807) is 18.2 Å². The minimum absolute atomic E-state index is 0.0328. The van der Waals surface area contributed by atoms with Crippen molar-refractivity contribution < 1.29 is 9.90 Å². The van der Waals surface area contributed by atoms with Gasteiger partial charge in [0.1, 0.15) is 5.75 Å². The largest absolute Gasteiger partial charge is 0.508 e. The maximum atomic E-state index is 12.2. The minimum atomic E-state index is -0.0858. The Kier molecular flexibility index (Phi) is 4.32. The SMILES string of the molecule is CC(C)(C)c1ccccc1NC(=O)Cc1cccc(O)c1. The van der Waals surface area contributed by atoms with Crippen molar-refractivity contribution in [1.82, 2.24) is 0 Å². The van der Waals surface area contributed by atoms with Crippen LogP contribution in [-0.4, -0.2) is 11.0 Å². The third-order valence-electron chi connectivity index (χ3n) is 3.28. The average Bonchev–Trinajstić information content (AvgIpc) is 2.37. The number of para-hydroxylation sites is 1. The number of phenols is 1. The Morgan fingerprint density at radius 1 is 1.10 bits per heavy atom. The Labute approximate surface area is 125 Å². The molecule has 0 aromatic heterocycles. The number of hydrogen-bond acceptors (Lipinski definition) is 2. The summed E-state index contributed by atoms with van der Waals surface area (Å²) in [5.74, 6) is 0.0905. The Hall–Kier alpha value is -2.29. The highest BCUT2D eigenvalue weighted by atomic mass is 16.3.